The standard InChI is InChI=1S/C21H18F5N6O7PS.Na.H/c1-29-17-14(18(34)30(2)20(29)35)11(31(3)28-17)6-13(33)27-19-32(8-39-40(36,37)38)12(7-41-19)9-4-5-10(22)15(16(9)23)21(24,25)26;;/h4-5,7H,6,8H2,1-3H3,(H2,36,37,38);;/q;+1;-1. The number of fused-ring (bicyclic) bond motifs is 1. The molecule has 0 aliphatic heterocycles. The number of thiazole rings is 1. The summed E-state index contributed by atoms with van der Waals surface area (Å²) < 4.78 is 88.1. The van der Waals surface area contributed by atoms with Crippen molar-refractivity contribution in [2.75, 3.05) is 0 Å². The number of halogens is 5. The summed E-state index contributed by atoms with van der Waals surface area (Å²) >= 11 is 0.574. The second kappa shape index (κ2) is 12.1. The molecule has 222 valence electrons. The van der Waals surface area contributed by atoms with Gasteiger partial charge >= 0.3 is 49.2 Å². The second-order valence-corrected chi connectivity index (χ2v) is 10.6. The van der Waals surface area contributed by atoms with E-state index in [9.17, 15) is 40.9 Å². The molecule has 3 aromatic heterocycles. The van der Waals surface area contributed by atoms with Gasteiger partial charge < -0.3 is 11.2 Å². The van der Waals surface area contributed by atoms with Gasteiger partial charge in [-0.15, -0.1) is 11.3 Å². The number of phosphoric acid groups is 1. The van der Waals surface area contributed by atoms with Crippen LogP contribution in [0.15, 0.2) is 32.1 Å². The minimum absolute atomic E-state index is 0. The van der Waals surface area contributed by atoms with Crippen LogP contribution in [-0.4, -0.2) is 39.2 Å². The first kappa shape index (κ1) is 33.7. The first-order valence-corrected chi connectivity index (χ1v) is 13.5. The van der Waals surface area contributed by atoms with E-state index < -0.39 is 72.8 Å². The molecule has 42 heavy (non-hydrogen) atoms. The number of carbonyl (C=O) groups is 1. The van der Waals surface area contributed by atoms with E-state index >= 15 is 0 Å². The molecule has 0 atom stereocenters. The van der Waals surface area contributed by atoms with Crippen LogP contribution in [0.3, 0.4) is 0 Å². The number of nitrogens with zero attached hydrogens (tertiary/aromatic N) is 6. The van der Waals surface area contributed by atoms with Gasteiger partial charge in [0.1, 0.15) is 29.3 Å². The maximum absolute atomic E-state index is 14.9. The summed E-state index contributed by atoms with van der Waals surface area (Å²) in [4.78, 5) is 59.6. The molecule has 0 aliphatic carbocycles. The predicted molar refractivity (Wildman–Crippen MR) is 132 cm³/mol. The summed E-state index contributed by atoms with van der Waals surface area (Å²) in [7, 11) is -1.19. The van der Waals surface area contributed by atoms with E-state index in [1.807, 2.05) is 0 Å². The third-order valence-corrected chi connectivity index (χ3v) is 7.22. The van der Waals surface area contributed by atoms with Crippen molar-refractivity contribution >= 4 is 36.1 Å². The Kier molecular flexibility index (Phi) is 9.70. The summed E-state index contributed by atoms with van der Waals surface area (Å²) in [5, 5.41) is 5.06. The summed E-state index contributed by atoms with van der Waals surface area (Å²) in [6.07, 6.45) is -5.99. The van der Waals surface area contributed by atoms with Crippen molar-refractivity contribution in [3.63, 3.8) is 0 Å². The van der Waals surface area contributed by atoms with Gasteiger partial charge in [0.2, 0.25) is 0 Å². The van der Waals surface area contributed by atoms with E-state index in [4.69, 9.17) is 9.79 Å². The molecule has 4 aromatic rings. The second-order valence-electron chi connectivity index (χ2n) is 8.52. The number of carbonyl (C=O) groups excluding carboxylic acids is 1. The summed E-state index contributed by atoms with van der Waals surface area (Å²) in [6, 6.07) is 1.03. The smallest absolute Gasteiger partial charge is 1.00 e. The van der Waals surface area contributed by atoms with E-state index in [1.54, 1.807) is 0 Å². The van der Waals surface area contributed by atoms with E-state index in [2.05, 4.69) is 14.6 Å². The van der Waals surface area contributed by atoms with E-state index in [0.29, 0.717) is 28.0 Å². The van der Waals surface area contributed by atoms with Gasteiger partial charge in [-0.2, -0.15) is 23.3 Å². The summed E-state index contributed by atoms with van der Waals surface area (Å²) in [6.45, 7) is -1.09. The predicted octanol–water partition coefficient (Wildman–Crippen LogP) is -1.35. The first-order valence-electron chi connectivity index (χ1n) is 11.1. The molecule has 0 aliphatic rings. The maximum Gasteiger partial charge on any atom is 1.00 e. The average Bonchev–Trinajstić information content (AvgIpc) is 3.39. The van der Waals surface area contributed by atoms with Gasteiger partial charge in [-0.05, 0) is 12.1 Å². The molecule has 4 rings (SSSR count). The fourth-order valence-electron chi connectivity index (χ4n) is 3.96. The van der Waals surface area contributed by atoms with Gasteiger partial charge in [0.15, 0.2) is 10.4 Å². The minimum Gasteiger partial charge on any atom is -1.00 e. The van der Waals surface area contributed by atoms with Crippen LogP contribution in [0, 0.1) is 11.6 Å². The number of aromatic nitrogens is 5. The Morgan fingerprint density at radius 3 is 2.40 bits per heavy atom. The quantitative estimate of drug-likeness (QED) is 0.147. The van der Waals surface area contributed by atoms with Crippen LogP contribution >= 0.6 is 19.2 Å². The van der Waals surface area contributed by atoms with Gasteiger partial charge in [0.25, 0.3) is 11.5 Å². The average molecular weight is 648 g/mol. The van der Waals surface area contributed by atoms with Crippen LogP contribution in [0.5, 0.6) is 0 Å². The molecular weight excluding hydrogens is 629 g/mol. The molecule has 21 heteroatoms. The molecule has 1 aromatic carbocycles. The third kappa shape index (κ3) is 6.42. The molecule has 0 bridgehead atoms. The monoisotopic (exact) mass is 648 g/mol. The first-order chi connectivity index (χ1) is 18.9. The number of amides is 1. The molecule has 0 saturated heterocycles. The van der Waals surface area contributed by atoms with E-state index in [1.165, 1.54) is 25.8 Å². The molecule has 3 heterocycles. The molecule has 0 saturated carbocycles. The van der Waals surface area contributed by atoms with Crippen molar-refractivity contribution in [2.24, 2.45) is 26.1 Å². The van der Waals surface area contributed by atoms with E-state index in [-0.39, 0.29) is 52.5 Å². The van der Waals surface area contributed by atoms with Crippen molar-refractivity contribution in [1.82, 2.24) is 23.5 Å². The van der Waals surface area contributed by atoms with Gasteiger partial charge in [-0.25, -0.2) is 18.1 Å². The van der Waals surface area contributed by atoms with Crippen LogP contribution in [0.4, 0.5) is 22.0 Å². The van der Waals surface area contributed by atoms with Crippen molar-refractivity contribution in [1.29, 1.82) is 0 Å². The Morgan fingerprint density at radius 2 is 1.81 bits per heavy atom. The SMILES string of the molecule is Cn1nc2c(c1CC(=O)N=c1scc(-c3ccc(F)c(C(F)(F)F)c3F)n1COP(=O)(O)O)c(=O)n(C)c(=O)n2C.[H-].[Na+]. The normalized spacial score (nSPS) is 12.7. The molecule has 1 amide bonds. The zero-order valence-electron chi connectivity index (χ0n) is 23.0. The minimum atomic E-state index is -5.41. The number of benzene rings is 1. The maximum atomic E-state index is 14.9. The Morgan fingerprint density at radius 1 is 1.17 bits per heavy atom. The van der Waals surface area contributed by atoms with Crippen LogP contribution in [0.1, 0.15) is 12.7 Å². The topological polar surface area (TPSA) is 163 Å². The number of hydrogen-bond donors (Lipinski definition) is 2. The number of phosphoric ester groups is 1. The molecule has 0 unspecified atom stereocenters. The molecular formula is C21H19F5N6NaO7PS. The molecule has 0 fully saturated rings. The molecule has 2 N–H and O–H groups in total. The van der Waals surface area contributed by atoms with Gasteiger partial charge in [-0.1, -0.05) is 0 Å². The fourth-order valence-corrected chi connectivity index (χ4v) is 5.13. The molecule has 13 nitrogen and oxygen atoms in total. The van der Waals surface area contributed by atoms with Crippen LogP contribution in [0.2, 0.25) is 0 Å². The van der Waals surface area contributed by atoms with Crippen LogP contribution in [-0.2, 0) is 54.4 Å². The van der Waals surface area contributed by atoms with Crippen LogP contribution < -0.4 is 45.6 Å². The zero-order chi connectivity index (χ0) is 30.6. The number of rotatable bonds is 6. The number of aryl methyl sites for hydroxylation is 2. The van der Waals surface area contributed by atoms with Crippen molar-refractivity contribution in [2.45, 2.75) is 19.3 Å². The molecule has 0 spiro atoms. The van der Waals surface area contributed by atoms with Gasteiger partial charge in [0, 0.05) is 32.1 Å². The van der Waals surface area contributed by atoms with Gasteiger partial charge in [-0.3, -0.25) is 32.5 Å². The zero-order valence-corrected chi connectivity index (χ0v) is 25.7. The summed E-state index contributed by atoms with van der Waals surface area (Å²) in [5.41, 5.74) is -4.85. The van der Waals surface area contributed by atoms with Crippen molar-refractivity contribution in [3.8, 4) is 11.3 Å². The van der Waals surface area contributed by atoms with Crippen molar-refractivity contribution < 1.29 is 76.6 Å². The Bertz CT molecular complexity index is 1960. The van der Waals surface area contributed by atoms with Crippen molar-refractivity contribution in [3.05, 3.63) is 66.0 Å². The Hall–Kier alpha value is -2.77. The number of hydrogen-bond acceptors (Lipinski definition) is 7. The Balaban J connectivity index is 0.00000323. The fraction of sp³-hybridized carbons (Fsp3) is 0.286. The largest absolute Gasteiger partial charge is 1.00 e. The third-order valence-electron chi connectivity index (χ3n) is 5.90. The van der Waals surface area contributed by atoms with E-state index in [0.717, 1.165) is 14.5 Å². The van der Waals surface area contributed by atoms with Gasteiger partial charge in [0.05, 0.1) is 17.8 Å². The number of alkyl halides is 3. The van der Waals surface area contributed by atoms with Crippen LogP contribution in [0.25, 0.3) is 22.3 Å². The molecule has 0 radical (unpaired) electrons. The Labute approximate surface area is 258 Å². The summed E-state index contributed by atoms with van der Waals surface area (Å²) in [5.74, 6) is -4.86.